The van der Waals surface area contributed by atoms with E-state index in [0.29, 0.717) is 0 Å². The van der Waals surface area contributed by atoms with Crippen LogP contribution in [0.4, 0.5) is 17.6 Å². The summed E-state index contributed by atoms with van der Waals surface area (Å²) < 4.78 is 55.5. The molecule has 0 unspecified atom stereocenters. The molecule has 0 radical (unpaired) electrons. The summed E-state index contributed by atoms with van der Waals surface area (Å²) in [5.74, 6) is -10.9. The van der Waals surface area contributed by atoms with Crippen LogP contribution in [0.1, 0.15) is 0 Å². The van der Waals surface area contributed by atoms with Gasteiger partial charge in [0.05, 0.1) is 5.97 Å². The summed E-state index contributed by atoms with van der Waals surface area (Å²) in [6, 6.07) is 0. The van der Waals surface area contributed by atoms with Crippen molar-refractivity contribution in [1.82, 2.24) is 0 Å². The van der Waals surface area contributed by atoms with E-state index in [1.165, 1.54) is 0 Å². The Kier molecular flexibility index (Phi) is 3.58. The highest BCUT2D eigenvalue weighted by atomic mass is 35.5. The van der Waals surface area contributed by atoms with Crippen LogP contribution in [-0.4, -0.2) is 12.6 Å². The van der Waals surface area contributed by atoms with Crippen molar-refractivity contribution in [2.75, 3.05) is 6.61 Å². The van der Waals surface area contributed by atoms with Gasteiger partial charge in [-0.25, -0.2) is 8.78 Å². The Balaban J connectivity index is 3.23. The molecule has 0 aromatic heterocycles. The van der Waals surface area contributed by atoms with Gasteiger partial charge in [-0.15, -0.1) is 0 Å². The molecule has 0 saturated carbocycles. The van der Waals surface area contributed by atoms with Crippen molar-refractivity contribution >= 4 is 17.6 Å². The van der Waals surface area contributed by atoms with E-state index in [-0.39, 0.29) is 0 Å². The summed E-state index contributed by atoms with van der Waals surface area (Å²) in [5.41, 5.74) is 0. The summed E-state index contributed by atoms with van der Waals surface area (Å²) in [4.78, 5) is 9.94. The average Bonchev–Trinajstić information content (AvgIpc) is 2.23. The smallest absolute Gasteiger partial charge is 0.205 e. The fraction of sp³-hybridized carbons (Fsp3) is 0.125. The molecule has 0 aliphatic rings. The molecular formula is C8H2ClF4O3-. The van der Waals surface area contributed by atoms with Gasteiger partial charge in [-0.05, 0) is 0 Å². The maximum absolute atomic E-state index is 12.9. The molecule has 88 valence electrons. The largest absolute Gasteiger partial charge is 0.546 e. The third-order valence-electron chi connectivity index (χ3n) is 1.50. The van der Waals surface area contributed by atoms with Gasteiger partial charge in [0.1, 0.15) is 11.6 Å². The van der Waals surface area contributed by atoms with E-state index in [1.807, 2.05) is 0 Å². The van der Waals surface area contributed by atoms with Crippen LogP contribution in [0.5, 0.6) is 5.75 Å². The van der Waals surface area contributed by atoms with E-state index in [9.17, 15) is 27.5 Å². The molecule has 8 heteroatoms. The van der Waals surface area contributed by atoms with Gasteiger partial charge in [-0.2, -0.15) is 8.78 Å². The number of aliphatic carboxylic acids is 1. The second-order valence-corrected chi connectivity index (χ2v) is 2.94. The number of hydrogen-bond acceptors (Lipinski definition) is 3. The first-order valence-corrected chi connectivity index (χ1v) is 4.08. The second-order valence-electron chi connectivity index (χ2n) is 2.56. The number of carbonyl (C=O) groups is 1. The molecule has 1 rings (SSSR count). The SMILES string of the molecule is O=C([O-])COc1c(F)c(F)c(Cl)c(F)c1F. The van der Waals surface area contributed by atoms with Gasteiger partial charge in [-0.1, -0.05) is 11.6 Å². The van der Waals surface area contributed by atoms with Crippen molar-refractivity contribution in [1.29, 1.82) is 0 Å². The number of carboxylic acid groups (broad SMARTS) is 1. The predicted octanol–water partition coefficient (Wildman–Crippen LogP) is 1.03. The highest BCUT2D eigenvalue weighted by Gasteiger charge is 2.25. The maximum atomic E-state index is 12.9. The van der Waals surface area contributed by atoms with Gasteiger partial charge in [0.15, 0.2) is 17.4 Å². The molecule has 0 spiro atoms. The fourth-order valence-electron chi connectivity index (χ4n) is 0.843. The summed E-state index contributed by atoms with van der Waals surface area (Å²) >= 11 is 4.91. The zero-order valence-electron chi connectivity index (χ0n) is 7.32. The Labute approximate surface area is 91.2 Å². The van der Waals surface area contributed by atoms with Gasteiger partial charge in [0.25, 0.3) is 0 Å². The molecule has 1 aromatic carbocycles. The third-order valence-corrected chi connectivity index (χ3v) is 1.84. The number of benzene rings is 1. The molecule has 0 aliphatic heterocycles. The number of carbonyl (C=O) groups excluding carboxylic acids is 1. The van der Waals surface area contributed by atoms with E-state index >= 15 is 0 Å². The first-order chi connectivity index (χ1) is 7.36. The molecule has 0 atom stereocenters. The van der Waals surface area contributed by atoms with Crippen molar-refractivity contribution in [3.8, 4) is 5.75 Å². The van der Waals surface area contributed by atoms with Gasteiger partial charge < -0.3 is 14.6 Å². The molecule has 1 aromatic rings. The number of rotatable bonds is 3. The molecule has 0 saturated heterocycles. The van der Waals surface area contributed by atoms with E-state index < -0.39 is 46.6 Å². The van der Waals surface area contributed by atoms with Gasteiger partial charge in [0.2, 0.25) is 11.6 Å². The van der Waals surface area contributed by atoms with E-state index in [1.54, 1.807) is 0 Å². The van der Waals surface area contributed by atoms with Gasteiger partial charge in [-0.3, -0.25) is 0 Å². The normalized spacial score (nSPS) is 10.3. The van der Waals surface area contributed by atoms with E-state index in [2.05, 4.69) is 4.74 Å². The monoisotopic (exact) mass is 257 g/mol. The van der Waals surface area contributed by atoms with Gasteiger partial charge in [0, 0.05) is 0 Å². The maximum Gasteiger partial charge on any atom is 0.205 e. The number of ether oxygens (including phenoxy) is 1. The lowest BCUT2D eigenvalue weighted by Crippen LogP contribution is -2.29. The lowest BCUT2D eigenvalue weighted by Gasteiger charge is -2.10. The average molecular weight is 258 g/mol. The van der Waals surface area contributed by atoms with Crippen LogP contribution >= 0.6 is 11.6 Å². The molecule has 0 aliphatic carbocycles. The summed E-state index contributed by atoms with van der Waals surface area (Å²) in [6.07, 6.45) is 0. The second kappa shape index (κ2) is 4.56. The van der Waals surface area contributed by atoms with E-state index in [0.717, 1.165) is 0 Å². The summed E-state index contributed by atoms with van der Waals surface area (Å²) in [6.45, 7) is -1.26. The van der Waals surface area contributed by atoms with Crippen LogP contribution in [0.25, 0.3) is 0 Å². The summed E-state index contributed by atoms with van der Waals surface area (Å²) in [5, 5.41) is 8.56. The van der Waals surface area contributed by atoms with Crippen molar-refractivity contribution in [3.05, 3.63) is 28.3 Å². The Morgan fingerprint density at radius 2 is 1.56 bits per heavy atom. The molecule has 0 amide bonds. The first-order valence-electron chi connectivity index (χ1n) is 3.70. The molecular weight excluding hydrogens is 256 g/mol. The topological polar surface area (TPSA) is 49.4 Å². The minimum absolute atomic E-state index is 1.26. The molecule has 0 bridgehead atoms. The van der Waals surface area contributed by atoms with Crippen LogP contribution in [0, 0.1) is 23.3 Å². The Morgan fingerprint density at radius 1 is 1.12 bits per heavy atom. The Bertz CT molecular complexity index is 420. The van der Waals surface area contributed by atoms with Crippen LogP contribution < -0.4 is 9.84 Å². The molecule has 3 nitrogen and oxygen atoms in total. The molecule has 0 heterocycles. The quantitative estimate of drug-likeness (QED) is 0.462. The molecule has 0 N–H and O–H groups in total. The minimum atomic E-state index is -1.91. The van der Waals surface area contributed by atoms with Crippen LogP contribution in [0.3, 0.4) is 0 Å². The molecule has 0 fully saturated rings. The lowest BCUT2D eigenvalue weighted by atomic mass is 10.3. The van der Waals surface area contributed by atoms with E-state index in [4.69, 9.17) is 11.6 Å². The number of halogens is 5. The van der Waals surface area contributed by atoms with Crippen molar-refractivity contribution in [3.63, 3.8) is 0 Å². The predicted molar refractivity (Wildman–Crippen MR) is 41.8 cm³/mol. The minimum Gasteiger partial charge on any atom is -0.546 e. The number of carboxylic acids is 1. The lowest BCUT2D eigenvalue weighted by molar-refractivity contribution is -0.307. The molecule has 16 heavy (non-hydrogen) atoms. The Morgan fingerprint density at radius 3 is 1.94 bits per heavy atom. The first kappa shape index (κ1) is 12.6. The van der Waals surface area contributed by atoms with Crippen LogP contribution in [0.15, 0.2) is 0 Å². The van der Waals surface area contributed by atoms with Crippen molar-refractivity contribution in [2.24, 2.45) is 0 Å². The van der Waals surface area contributed by atoms with Crippen LogP contribution in [0.2, 0.25) is 5.02 Å². The highest BCUT2D eigenvalue weighted by Crippen LogP contribution is 2.32. The third kappa shape index (κ3) is 2.19. The summed E-state index contributed by atoms with van der Waals surface area (Å²) in [7, 11) is 0. The van der Waals surface area contributed by atoms with Crippen LogP contribution in [-0.2, 0) is 4.79 Å². The zero-order valence-corrected chi connectivity index (χ0v) is 8.08. The van der Waals surface area contributed by atoms with Crippen molar-refractivity contribution < 1.29 is 32.2 Å². The Hall–Kier alpha value is -1.50. The standard InChI is InChI=1S/C8H3ClF4O3/c9-3-4(10)6(12)8(7(13)5(3)11)16-1-2(14)15/h1H2,(H,14,15)/p-1. The fourth-order valence-corrected chi connectivity index (χ4v) is 1.01. The zero-order chi connectivity index (χ0) is 12.5. The highest BCUT2D eigenvalue weighted by molar-refractivity contribution is 6.30. The van der Waals surface area contributed by atoms with Gasteiger partial charge >= 0.3 is 0 Å². The number of hydrogen-bond donors (Lipinski definition) is 0. The van der Waals surface area contributed by atoms with Crippen molar-refractivity contribution in [2.45, 2.75) is 0 Å².